The second-order valence-electron chi connectivity index (χ2n) is 8.33. The third-order valence-corrected chi connectivity index (χ3v) is 8.57. The number of amides is 1. The maximum absolute atomic E-state index is 14.4. The number of carbonyl (C=O) groups excluding carboxylic acids is 1. The summed E-state index contributed by atoms with van der Waals surface area (Å²) < 4.78 is 40.5. The number of hydrogen-bond acceptors (Lipinski definition) is 6. The fraction of sp³-hybridized carbons (Fsp3) is 0.348. The number of thioether (sulfide) groups is 1. The molecule has 2 fully saturated rings. The van der Waals surface area contributed by atoms with Crippen molar-refractivity contribution in [2.45, 2.75) is 36.5 Å². The lowest BCUT2D eigenvalue weighted by Crippen LogP contribution is -2.42. The van der Waals surface area contributed by atoms with Gasteiger partial charge in [-0.3, -0.25) is 9.36 Å². The molecular weight excluding hydrogens is 463 g/mol. The number of para-hydroxylation sites is 1. The standard InChI is InChI=1S/C23H23FN4O3S2/c24-20-9-5-4-8-19(20)22-25-26-23(28(22)17-10-11-17)32-14-21(29)27(16-6-2-1-3-7-16)18-12-13-33(30,31)15-18/h1-9,17-18H,10-15H2/t18-/m1/s1. The Balaban J connectivity index is 1.39. The average Bonchev–Trinajstić information content (AvgIpc) is 3.46. The fourth-order valence-corrected chi connectivity index (χ4v) is 6.75. The van der Waals surface area contributed by atoms with E-state index in [1.54, 1.807) is 23.1 Å². The molecule has 0 spiro atoms. The molecule has 33 heavy (non-hydrogen) atoms. The van der Waals surface area contributed by atoms with E-state index >= 15 is 0 Å². The van der Waals surface area contributed by atoms with Crippen molar-refractivity contribution in [3.8, 4) is 11.4 Å². The van der Waals surface area contributed by atoms with E-state index in [4.69, 9.17) is 0 Å². The van der Waals surface area contributed by atoms with Gasteiger partial charge < -0.3 is 4.90 Å². The second-order valence-corrected chi connectivity index (χ2v) is 11.5. The Kier molecular flexibility index (Phi) is 5.96. The number of rotatable bonds is 7. The number of hydrogen-bond donors (Lipinski definition) is 0. The first-order chi connectivity index (χ1) is 15.9. The van der Waals surface area contributed by atoms with Crippen molar-refractivity contribution in [2.24, 2.45) is 0 Å². The van der Waals surface area contributed by atoms with E-state index in [1.165, 1.54) is 17.8 Å². The summed E-state index contributed by atoms with van der Waals surface area (Å²) in [7, 11) is -3.15. The predicted octanol–water partition coefficient (Wildman–Crippen LogP) is 3.73. The summed E-state index contributed by atoms with van der Waals surface area (Å²) in [5, 5.41) is 9.06. The first kappa shape index (κ1) is 22.1. The maximum Gasteiger partial charge on any atom is 0.237 e. The Bertz CT molecular complexity index is 1280. The molecule has 1 aliphatic heterocycles. The van der Waals surface area contributed by atoms with E-state index in [1.807, 2.05) is 34.9 Å². The van der Waals surface area contributed by atoms with Gasteiger partial charge in [0, 0.05) is 11.7 Å². The van der Waals surface area contributed by atoms with E-state index in [9.17, 15) is 17.6 Å². The number of benzene rings is 2. The molecule has 2 aliphatic rings. The zero-order valence-electron chi connectivity index (χ0n) is 17.8. The molecule has 0 N–H and O–H groups in total. The summed E-state index contributed by atoms with van der Waals surface area (Å²) >= 11 is 1.25. The van der Waals surface area contributed by atoms with Crippen molar-refractivity contribution in [3.05, 3.63) is 60.4 Å². The van der Waals surface area contributed by atoms with Crippen molar-refractivity contribution in [1.82, 2.24) is 14.8 Å². The monoisotopic (exact) mass is 486 g/mol. The molecule has 0 radical (unpaired) electrons. The molecule has 1 saturated heterocycles. The van der Waals surface area contributed by atoms with E-state index < -0.39 is 9.84 Å². The lowest BCUT2D eigenvalue weighted by atomic mass is 10.2. The van der Waals surface area contributed by atoms with Crippen LogP contribution in [-0.4, -0.2) is 52.4 Å². The van der Waals surface area contributed by atoms with Gasteiger partial charge in [-0.1, -0.05) is 42.1 Å². The van der Waals surface area contributed by atoms with Crippen LogP contribution >= 0.6 is 11.8 Å². The number of anilines is 1. The summed E-state index contributed by atoms with van der Waals surface area (Å²) in [6.45, 7) is 0. The van der Waals surface area contributed by atoms with Crippen LogP contribution in [0.15, 0.2) is 59.8 Å². The fourth-order valence-electron chi connectivity index (χ4n) is 4.19. The molecule has 3 aromatic rings. The third-order valence-electron chi connectivity index (χ3n) is 5.89. The molecule has 0 unspecified atom stereocenters. The molecule has 2 heterocycles. The Morgan fingerprint density at radius 2 is 1.79 bits per heavy atom. The van der Waals surface area contributed by atoms with Crippen LogP contribution in [0.25, 0.3) is 11.4 Å². The minimum Gasteiger partial charge on any atom is -0.308 e. The van der Waals surface area contributed by atoms with Gasteiger partial charge in [-0.2, -0.15) is 0 Å². The van der Waals surface area contributed by atoms with Crippen LogP contribution in [-0.2, 0) is 14.6 Å². The van der Waals surface area contributed by atoms with Gasteiger partial charge in [0.25, 0.3) is 0 Å². The highest BCUT2D eigenvalue weighted by atomic mass is 32.2. The molecule has 1 atom stereocenters. The summed E-state index contributed by atoms with van der Waals surface area (Å²) in [5.74, 6) is 0.0425. The molecule has 7 nitrogen and oxygen atoms in total. The summed E-state index contributed by atoms with van der Waals surface area (Å²) in [6.07, 6.45) is 2.33. The normalized spacial score (nSPS) is 19.5. The number of halogens is 1. The molecule has 2 aromatic carbocycles. The second kappa shape index (κ2) is 8.90. The topological polar surface area (TPSA) is 85.2 Å². The summed E-state index contributed by atoms with van der Waals surface area (Å²) in [4.78, 5) is 14.9. The summed E-state index contributed by atoms with van der Waals surface area (Å²) in [5.41, 5.74) is 1.07. The van der Waals surface area contributed by atoms with Crippen molar-refractivity contribution in [1.29, 1.82) is 0 Å². The Morgan fingerprint density at radius 1 is 1.06 bits per heavy atom. The van der Waals surface area contributed by atoms with Crippen molar-refractivity contribution >= 4 is 33.2 Å². The van der Waals surface area contributed by atoms with Crippen LogP contribution in [0, 0.1) is 5.82 Å². The molecule has 1 aromatic heterocycles. The SMILES string of the molecule is O=C(CSc1nnc(-c2ccccc2F)n1C1CC1)N(c1ccccc1)[C@@H]1CCS(=O)(=O)C1. The highest BCUT2D eigenvalue weighted by Gasteiger charge is 2.36. The first-order valence-electron chi connectivity index (χ1n) is 10.8. The molecule has 172 valence electrons. The lowest BCUT2D eigenvalue weighted by Gasteiger charge is -2.28. The lowest BCUT2D eigenvalue weighted by molar-refractivity contribution is -0.116. The van der Waals surface area contributed by atoms with Crippen LogP contribution in [0.2, 0.25) is 0 Å². The molecule has 1 saturated carbocycles. The number of carbonyl (C=O) groups is 1. The largest absolute Gasteiger partial charge is 0.308 e. The van der Waals surface area contributed by atoms with E-state index in [0.29, 0.717) is 28.7 Å². The van der Waals surface area contributed by atoms with Gasteiger partial charge in [0.2, 0.25) is 5.91 Å². The quantitative estimate of drug-likeness (QED) is 0.473. The van der Waals surface area contributed by atoms with Crippen LogP contribution < -0.4 is 4.90 Å². The van der Waals surface area contributed by atoms with Gasteiger partial charge in [-0.15, -0.1) is 10.2 Å². The maximum atomic E-state index is 14.4. The Morgan fingerprint density at radius 3 is 2.45 bits per heavy atom. The number of sulfone groups is 1. The highest BCUT2D eigenvalue weighted by molar-refractivity contribution is 7.99. The molecule has 10 heteroatoms. The number of aromatic nitrogens is 3. The van der Waals surface area contributed by atoms with Crippen molar-refractivity contribution < 1.29 is 17.6 Å². The van der Waals surface area contributed by atoms with Gasteiger partial charge >= 0.3 is 0 Å². The predicted molar refractivity (Wildman–Crippen MR) is 125 cm³/mol. The van der Waals surface area contributed by atoms with Crippen molar-refractivity contribution in [3.63, 3.8) is 0 Å². The molecular formula is C23H23FN4O3S2. The molecule has 1 aliphatic carbocycles. The minimum absolute atomic E-state index is 0.0337. The first-order valence-corrected chi connectivity index (χ1v) is 13.6. The zero-order chi connectivity index (χ0) is 23.0. The van der Waals surface area contributed by atoms with Crippen molar-refractivity contribution in [2.75, 3.05) is 22.2 Å². The van der Waals surface area contributed by atoms with Gasteiger partial charge in [0.15, 0.2) is 20.8 Å². The zero-order valence-corrected chi connectivity index (χ0v) is 19.4. The van der Waals surface area contributed by atoms with Gasteiger partial charge in [0.05, 0.1) is 28.9 Å². The van der Waals surface area contributed by atoms with Crippen LogP contribution in [0.5, 0.6) is 0 Å². The van der Waals surface area contributed by atoms with E-state index in [2.05, 4.69) is 10.2 Å². The van der Waals surface area contributed by atoms with Crippen LogP contribution in [0.1, 0.15) is 25.3 Å². The van der Waals surface area contributed by atoms with E-state index in [0.717, 1.165) is 12.8 Å². The van der Waals surface area contributed by atoms with Crippen LogP contribution in [0.4, 0.5) is 10.1 Å². The number of nitrogens with zero attached hydrogens (tertiary/aromatic N) is 4. The minimum atomic E-state index is -3.15. The van der Waals surface area contributed by atoms with Gasteiger partial charge in [-0.05, 0) is 43.5 Å². The van der Waals surface area contributed by atoms with Crippen LogP contribution in [0.3, 0.4) is 0 Å². The molecule has 1 amide bonds. The van der Waals surface area contributed by atoms with Gasteiger partial charge in [0.1, 0.15) is 5.82 Å². The van der Waals surface area contributed by atoms with Gasteiger partial charge in [-0.25, -0.2) is 12.8 Å². The Labute approximate surface area is 195 Å². The summed E-state index contributed by atoms with van der Waals surface area (Å²) in [6, 6.07) is 15.4. The molecule has 5 rings (SSSR count). The highest BCUT2D eigenvalue weighted by Crippen LogP contribution is 2.41. The average molecular weight is 487 g/mol. The smallest absolute Gasteiger partial charge is 0.237 e. The van der Waals surface area contributed by atoms with E-state index in [-0.39, 0.29) is 41.1 Å². The Hall–Kier alpha value is -2.72. The molecule has 0 bridgehead atoms. The third kappa shape index (κ3) is 4.67.